The average Bonchev–Trinajstić information content (AvgIpc) is 2.32. The van der Waals surface area contributed by atoms with E-state index >= 15 is 0 Å². The van der Waals surface area contributed by atoms with Crippen LogP contribution in [-0.4, -0.2) is 28.8 Å². The van der Waals surface area contributed by atoms with Gasteiger partial charge >= 0.3 is 0 Å². The molecule has 1 unspecified atom stereocenters. The number of ether oxygens (including phenoxy) is 1. The standard InChI is InChI=1S/C13H23N3O2/c1-4-10(17)7-8-15-12-6-5-11(14)13(16-12)18-9(2)3/h5-6,9-10,17H,4,7-8,14H2,1-3H3,(H,15,16). The Bertz CT molecular complexity index is 369. The highest BCUT2D eigenvalue weighted by molar-refractivity contribution is 5.53. The molecule has 1 atom stereocenters. The van der Waals surface area contributed by atoms with Gasteiger partial charge < -0.3 is 20.9 Å². The van der Waals surface area contributed by atoms with Crippen molar-refractivity contribution in [3.8, 4) is 5.88 Å². The zero-order valence-corrected chi connectivity index (χ0v) is 11.3. The van der Waals surface area contributed by atoms with E-state index < -0.39 is 0 Å². The van der Waals surface area contributed by atoms with Gasteiger partial charge in [-0.15, -0.1) is 0 Å². The molecule has 1 rings (SSSR count). The third kappa shape index (κ3) is 4.79. The fourth-order valence-electron chi connectivity index (χ4n) is 1.44. The van der Waals surface area contributed by atoms with Crippen LogP contribution in [0.25, 0.3) is 0 Å². The fraction of sp³-hybridized carbons (Fsp3) is 0.615. The molecule has 5 nitrogen and oxygen atoms in total. The molecule has 0 saturated carbocycles. The number of aliphatic hydroxyl groups excluding tert-OH is 1. The van der Waals surface area contributed by atoms with Gasteiger partial charge in [-0.25, -0.2) is 0 Å². The van der Waals surface area contributed by atoms with Gasteiger partial charge in [-0.2, -0.15) is 4.98 Å². The van der Waals surface area contributed by atoms with Crippen molar-refractivity contribution in [2.75, 3.05) is 17.6 Å². The molecule has 102 valence electrons. The highest BCUT2D eigenvalue weighted by Crippen LogP contribution is 2.21. The molecule has 0 aliphatic rings. The second-order valence-corrected chi connectivity index (χ2v) is 4.54. The molecule has 0 saturated heterocycles. The maximum absolute atomic E-state index is 9.45. The summed E-state index contributed by atoms with van der Waals surface area (Å²) in [5.41, 5.74) is 6.31. The first-order chi connectivity index (χ1) is 8.52. The number of aliphatic hydroxyl groups is 1. The highest BCUT2D eigenvalue weighted by atomic mass is 16.5. The fourth-order valence-corrected chi connectivity index (χ4v) is 1.44. The van der Waals surface area contributed by atoms with Crippen LogP contribution in [0.3, 0.4) is 0 Å². The topological polar surface area (TPSA) is 80.4 Å². The predicted octanol–water partition coefficient (Wildman–Crippen LogP) is 2.02. The number of nitrogens with zero attached hydrogens (tertiary/aromatic N) is 1. The van der Waals surface area contributed by atoms with Gasteiger partial charge in [-0.05, 0) is 38.8 Å². The summed E-state index contributed by atoms with van der Waals surface area (Å²) in [5, 5.41) is 12.6. The van der Waals surface area contributed by atoms with Crippen LogP contribution in [0.5, 0.6) is 5.88 Å². The molecule has 0 fully saturated rings. The van der Waals surface area contributed by atoms with Gasteiger partial charge in [-0.1, -0.05) is 6.92 Å². The Morgan fingerprint density at radius 1 is 1.44 bits per heavy atom. The number of hydrogen-bond acceptors (Lipinski definition) is 5. The van der Waals surface area contributed by atoms with Gasteiger partial charge in [0.05, 0.1) is 17.9 Å². The predicted molar refractivity (Wildman–Crippen MR) is 73.8 cm³/mol. The van der Waals surface area contributed by atoms with Gasteiger partial charge in [0.15, 0.2) is 0 Å². The SMILES string of the molecule is CCC(O)CCNc1ccc(N)c(OC(C)C)n1. The van der Waals surface area contributed by atoms with E-state index in [4.69, 9.17) is 10.5 Å². The Morgan fingerprint density at radius 2 is 2.17 bits per heavy atom. The minimum absolute atomic E-state index is 0.0389. The van der Waals surface area contributed by atoms with Crippen molar-refractivity contribution in [1.82, 2.24) is 4.98 Å². The summed E-state index contributed by atoms with van der Waals surface area (Å²) >= 11 is 0. The Kier molecular flexibility index (Phi) is 5.71. The van der Waals surface area contributed by atoms with Crippen molar-refractivity contribution >= 4 is 11.5 Å². The average molecular weight is 253 g/mol. The third-order valence-corrected chi connectivity index (χ3v) is 2.49. The Morgan fingerprint density at radius 3 is 2.78 bits per heavy atom. The van der Waals surface area contributed by atoms with Crippen molar-refractivity contribution in [2.45, 2.75) is 45.8 Å². The lowest BCUT2D eigenvalue weighted by Gasteiger charge is -2.13. The van der Waals surface area contributed by atoms with Crippen LogP contribution in [0.4, 0.5) is 11.5 Å². The first-order valence-electron chi connectivity index (χ1n) is 6.38. The number of nitrogen functional groups attached to an aromatic ring is 1. The van der Waals surface area contributed by atoms with E-state index in [1.54, 1.807) is 12.1 Å². The van der Waals surface area contributed by atoms with Gasteiger partial charge in [-0.3, -0.25) is 0 Å². The van der Waals surface area contributed by atoms with Gasteiger partial charge in [0.2, 0.25) is 5.88 Å². The summed E-state index contributed by atoms with van der Waals surface area (Å²) < 4.78 is 5.51. The van der Waals surface area contributed by atoms with Gasteiger partial charge in [0.25, 0.3) is 0 Å². The van der Waals surface area contributed by atoms with Gasteiger partial charge in [0.1, 0.15) is 5.82 Å². The summed E-state index contributed by atoms with van der Waals surface area (Å²) in [7, 11) is 0. The lowest BCUT2D eigenvalue weighted by Crippen LogP contribution is -2.14. The summed E-state index contributed by atoms with van der Waals surface area (Å²) in [6.45, 7) is 6.49. The molecular formula is C13H23N3O2. The quantitative estimate of drug-likeness (QED) is 0.692. The van der Waals surface area contributed by atoms with E-state index in [1.165, 1.54) is 0 Å². The number of anilines is 2. The highest BCUT2D eigenvalue weighted by Gasteiger charge is 2.06. The first-order valence-corrected chi connectivity index (χ1v) is 6.38. The molecule has 0 amide bonds. The third-order valence-electron chi connectivity index (χ3n) is 2.49. The largest absolute Gasteiger partial charge is 0.473 e. The molecule has 1 aromatic rings. The molecule has 0 aromatic carbocycles. The number of pyridine rings is 1. The van der Waals surface area contributed by atoms with Crippen molar-refractivity contribution < 1.29 is 9.84 Å². The maximum atomic E-state index is 9.45. The number of rotatable bonds is 7. The number of hydrogen-bond donors (Lipinski definition) is 3. The smallest absolute Gasteiger partial charge is 0.239 e. The van der Waals surface area contributed by atoms with E-state index in [0.717, 1.165) is 6.42 Å². The number of nitrogens with one attached hydrogen (secondary N) is 1. The summed E-state index contributed by atoms with van der Waals surface area (Å²) in [6.07, 6.45) is 1.23. The van der Waals surface area contributed by atoms with Crippen LogP contribution >= 0.6 is 0 Å². The molecule has 5 heteroatoms. The van der Waals surface area contributed by atoms with Crippen LogP contribution in [0.2, 0.25) is 0 Å². The van der Waals surface area contributed by atoms with E-state index in [1.807, 2.05) is 20.8 Å². The van der Waals surface area contributed by atoms with Crippen LogP contribution in [0.1, 0.15) is 33.6 Å². The molecule has 0 radical (unpaired) electrons. The molecule has 1 aromatic heterocycles. The van der Waals surface area contributed by atoms with Crippen LogP contribution in [0, 0.1) is 0 Å². The van der Waals surface area contributed by atoms with E-state index in [2.05, 4.69) is 10.3 Å². The second kappa shape index (κ2) is 7.06. The van der Waals surface area contributed by atoms with E-state index in [-0.39, 0.29) is 12.2 Å². The Hall–Kier alpha value is -1.49. The molecule has 1 heterocycles. The molecular weight excluding hydrogens is 230 g/mol. The van der Waals surface area contributed by atoms with Crippen LogP contribution in [-0.2, 0) is 0 Å². The first kappa shape index (κ1) is 14.6. The zero-order valence-electron chi connectivity index (χ0n) is 11.3. The monoisotopic (exact) mass is 253 g/mol. The number of nitrogens with two attached hydrogens (primary N) is 1. The normalized spacial score (nSPS) is 12.5. The van der Waals surface area contributed by atoms with Crippen molar-refractivity contribution in [3.05, 3.63) is 12.1 Å². The number of aromatic nitrogens is 1. The van der Waals surface area contributed by atoms with Crippen molar-refractivity contribution in [2.24, 2.45) is 0 Å². The minimum atomic E-state index is -0.266. The van der Waals surface area contributed by atoms with E-state index in [0.29, 0.717) is 30.4 Å². The van der Waals surface area contributed by atoms with E-state index in [9.17, 15) is 5.11 Å². The molecule has 18 heavy (non-hydrogen) atoms. The molecule has 0 spiro atoms. The lowest BCUT2D eigenvalue weighted by atomic mass is 10.2. The second-order valence-electron chi connectivity index (χ2n) is 4.54. The Labute approximate surface area is 108 Å². The van der Waals surface area contributed by atoms with Crippen LogP contribution in [0.15, 0.2) is 12.1 Å². The van der Waals surface area contributed by atoms with Crippen molar-refractivity contribution in [1.29, 1.82) is 0 Å². The maximum Gasteiger partial charge on any atom is 0.239 e. The zero-order chi connectivity index (χ0) is 13.5. The van der Waals surface area contributed by atoms with Gasteiger partial charge in [0, 0.05) is 6.54 Å². The van der Waals surface area contributed by atoms with Crippen molar-refractivity contribution in [3.63, 3.8) is 0 Å². The minimum Gasteiger partial charge on any atom is -0.473 e. The molecule has 0 aliphatic carbocycles. The lowest BCUT2D eigenvalue weighted by molar-refractivity contribution is 0.164. The molecule has 4 N–H and O–H groups in total. The molecule has 0 bridgehead atoms. The summed E-state index contributed by atoms with van der Waals surface area (Å²) in [4.78, 5) is 4.30. The summed E-state index contributed by atoms with van der Waals surface area (Å²) in [6, 6.07) is 3.57. The molecule has 0 aliphatic heterocycles. The summed E-state index contributed by atoms with van der Waals surface area (Å²) in [5.74, 6) is 1.16. The van der Waals surface area contributed by atoms with Crippen LogP contribution < -0.4 is 15.8 Å². The Balaban J connectivity index is 2.56.